The second kappa shape index (κ2) is 9.41. The van der Waals surface area contributed by atoms with Crippen LogP contribution in [0.2, 0.25) is 0 Å². The Hall–Kier alpha value is -3.86. The van der Waals surface area contributed by atoms with Gasteiger partial charge in [-0.25, -0.2) is 14.8 Å². The minimum Gasteiger partial charge on any atom is -0.488 e. The second-order valence-corrected chi connectivity index (χ2v) is 8.06. The van der Waals surface area contributed by atoms with Crippen LogP contribution in [0.4, 0.5) is 35.4 Å². The number of hydrogen-bond acceptors (Lipinski definition) is 6. The van der Waals surface area contributed by atoms with E-state index >= 15 is 0 Å². The van der Waals surface area contributed by atoms with Crippen molar-refractivity contribution < 1.29 is 27.4 Å². The Morgan fingerprint density at radius 1 is 1.00 bits per heavy atom. The molecule has 8 nitrogen and oxygen atoms in total. The summed E-state index contributed by atoms with van der Waals surface area (Å²) < 4.78 is 50.6. The molecular weight excluding hydrogens is 463 g/mol. The predicted octanol–water partition coefficient (Wildman–Crippen LogP) is 4.78. The number of nitrogens with one attached hydrogen (secondary N) is 1. The smallest absolute Gasteiger partial charge is 0.416 e. The number of nitrogens with zero attached hydrogens (tertiary/aromatic N) is 4. The Morgan fingerprint density at radius 3 is 2.66 bits per heavy atom. The molecule has 0 saturated carbocycles. The second-order valence-electron chi connectivity index (χ2n) is 8.06. The van der Waals surface area contributed by atoms with Crippen LogP contribution in [0.5, 0.6) is 5.75 Å². The number of aromatic nitrogens is 2. The lowest BCUT2D eigenvalue weighted by Gasteiger charge is -2.29. The van der Waals surface area contributed by atoms with Crippen molar-refractivity contribution in [1.82, 2.24) is 9.97 Å². The molecule has 0 atom stereocenters. The summed E-state index contributed by atoms with van der Waals surface area (Å²) in [6.07, 6.45) is -3.58. The third-order valence-electron chi connectivity index (χ3n) is 5.66. The van der Waals surface area contributed by atoms with E-state index in [9.17, 15) is 18.0 Å². The van der Waals surface area contributed by atoms with Crippen LogP contribution in [-0.4, -0.2) is 49.0 Å². The van der Waals surface area contributed by atoms with Gasteiger partial charge in [-0.2, -0.15) is 13.2 Å². The summed E-state index contributed by atoms with van der Waals surface area (Å²) in [5.74, 6) is 1.65. The van der Waals surface area contributed by atoms with Crippen LogP contribution in [0.3, 0.4) is 0 Å². The summed E-state index contributed by atoms with van der Waals surface area (Å²) >= 11 is 0. The molecule has 2 amide bonds. The van der Waals surface area contributed by atoms with Gasteiger partial charge in [0, 0.05) is 12.1 Å². The van der Waals surface area contributed by atoms with E-state index in [0.29, 0.717) is 36.4 Å². The third kappa shape index (κ3) is 4.99. The summed E-state index contributed by atoms with van der Waals surface area (Å²) in [5.41, 5.74) is -0.194. The minimum absolute atomic E-state index is 0.220. The highest BCUT2D eigenvalue weighted by molar-refractivity contribution is 6.02. The highest BCUT2D eigenvalue weighted by Crippen LogP contribution is 2.35. The maximum absolute atomic E-state index is 13.2. The number of anilines is 3. The van der Waals surface area contributed by atoms with Crippen molar-refractivity contribution in [3.63, 3.8) is 0 Å². The number of rotatable bonds is 3. The maximum Gasteiger partial charge on any atom is 0.416 e. The SMILES string of the molecule is O=C(Nc1cccc(N2CCCOC2)n1)N1CCOc2ccc(-c3cccc(C(F)(F)F)c3)nc21. The van der Waals surface area contributed by atoms with Gasteiger partial charge in [-0.05, 0) is 42.8 Å². The summed E-state index contributed by atoms with van der Waals surface area (Å²) in [5, 5.41) is 2.78. The zero-order valence-corrected chi connectivity index (χ0v) is 18.6. The molecule has 1 fully saturated rings. The van der Waals surface area contributed by atoms with Crippen LogP contribution in [-0.2, 0) is 10.9 Å². The Morgan fingerprint density at radius 2 is 1.86 bits per heavy atom. The number of urea groups is 1. The van der Waals surface area contributed by atoms with E-state index in [-0.39, 0.29) is 24.5 Å². The van der Waals surface area contributed by atoms with Gasteiger partial charge in [0.05, 0.1) is 24.4 Å². The number of hydrogen-bond donors (Lipinski definition) is 1. The standard InChI is InChI=1S/C24H22F3N5O3/c25-24(26,27)17-5-1-4-16(14-17)18-8-9-19-22(28-18)32(11-13-35-19)23(33)30-20-6-2-7-21(29-20)31-10-3-12-34-15-31/h1-2,4-9,14H,3,10-13,15H2,(H,29,30,33). The number of carbonyl (C=O) groups excluding carboxylic acids is 1. The number of benzene rings is 1. The average molecular weight is 485 g/mol. The molecule has 1 N–H and O–H groups in total. The number of halogens is 3. The van der Waals surface area contributed by atoms with Gasteiger partial charge in [-0.15, -0.1) is 0 Å². The summed E-state index contributed by atoms with van der Waals surface area (Å²) in [6, 6.07) is 12.9. The van der Waals surface area contributed by atoms with E-state index in [4.69, 9.17) is 9.47 Å². The van der Waals surface area contributed by atoms with Gasteiger partial charge in [0.1, 0.15) is 25.0 Å². The van der Waals surface area contributed by atoms with Crippen LogP contribution in [0.15, 0.2) is 54.6 Å². The first-order chi connectivity index (χ1) is 16.9. The molecule has 11 heteroatoms. The zero-order chi connectivity index (χ0) is 24.4. The highest BCUT2D eigenvalue weighted by Gasteiger charge is 2.31. The lowest BCUT2D eigenvalue weighted by Crippen LogP contribution is -2.41. The van der Waals surface area contributed by atoms with Gasteiger partial charge in [0.25, 0.3) is 0 Å². The molecule has 182 valence electrons. The van der Waals surface area contributed by atoms with E-state index < -0.39 is 17.8 Å². The molecule has 0 radical (unpaired) electrons. The monoisotopic (exact) mass is 485 g/mol. The normalized spacial score (nSPS) is 15.9. The third-order valence-corrected chi connectivity index (χ3v) is 5.66. The first-order valence-corrected chi connectivity index (χ1v) is 11.1. The first-order valence-electron chi connectivity index (χ1n) is 11.1. The molecule has 2 aliphatic rings. The van der Waals surface area contributed by atoms with Gasteiger partial charge in [-0.3, -0.25) is 10.2 Å². The number of pyridine rings is 2. The number of alkyl halides is 3. The van der Waals surface area contributed by atoms with Gasteiger partial charge in [0.15, 0.2) is 11.6 Å². The molecule has 0 bridgehead atoms. The molecule has 0 aliphatic carbocycles. The summed E-state index contributed by atoms with van der Waals surface area (Å²) in [7, 11) is 0. The Balaban J connectivity index is 1.39. The van der Waals surface area contributed by atoms with Crippen molar-refractivity contribution >= 4 is 23.5 Å². The molecule has 2 aromatic heterocycles. The maximum atomic E-state index is 13.2. The molecule has 0 spiro atoms. The van der Waals surface area contributed by atoms with E-state index in [1.807, 2.05) is 11.0 Å². The Labute approximate surface area is 199 Å². The molecule has 2 aliphatic heterocycles. The highest BCUT2D eigenvalue weighted by atomic mass is 19.4. The van der Waals surface area contributed by atoms with Gasteiger partial charge in [-0.1, -0.05) is 18.2 Å². The number of fused-ring (bicyclic) bond motifs is 1. The molecule has 4 heterocycles. The van der Waals surface area contributed by atoms with Gasteiger partial charge in [0.2, 0.25) is 0 Å². The lowest BCUT2D eigenvalue weighted by molar-refractivity contribution is -0.137. The van der Waals surface area contributed by atoms with E-state index in [1.54, 1.807) is 24.3 Å². The van der Waals surface area contributed by atoms with Crippen LogP contribution in [0.1, 0.15) is 12.0 Å². The molecule has 1 saturated heterocycles. The topological polar surface area (TPSA) is 79.8 Å². The van der Waals surface area contributed by atoms with Gasteiger partial charge < -0.3 is 14.4 Å². The quantitative estimate of drug-likeness (QED) is 0.576. The van der Waals surface area contributed by atoms with Crippen LogP contribution < -0.4 is 19.9 Å². The summed E-state index contributed by atoms with van der Waals surface area (Å²) in [6.45, 7) is 2.42. The fourth-order valence-electron chi connectivity index (χ4n) is 3.93. The molecule has 3 aromatic rings. The molecule has 1 aromatic carbocycles. The molecular formula is C24H22F3N5O3. The van der Waals surface area contributed by atoms with Crippen molar-refractivity contribution in [1.29, 1.82) is 0 Å². The van der Waals surface area contributed by atoms with Crippen LogP contribution >= 0.6 is 0 Å². The van der Waals surface area contributed by atoms with Crippen molar-refractivity contribution in [3.8, 4) is 17.0 Å². The van der Waals surface area contributed by atoms with Crippen LogP contribution in [0.25, 0.3) is 11.3 Å². The predicted molar refractivity (Wildman–Crippen MR) is 124 cm³/mol. The lowest BCUT2D eigenvalue weighted by atomic mass is 10.1. The fraction of sp³-hybridized carbons (Fsp3) is 0.292. The minimum atomic E-state index is -4.47. The van der Waals surface area contributed by atoms with Crippen molar-refractivity contribution in [2.24, 2.45) is 0 Å². The molecule has 0 unspecified atom stereocenters. The first kappa shape index (κ1) is 22.9. The number of amides is 2. The average Bonchev–Trinajstić information content (AvgIpc) is 2.88. The fourth-order valence-corrected chi connectivity index (χ4v) is 3.93. The largest absolute Gasteiger partial charge is 0.488 e. The van der Waals surface area contributed by atoms with E-state index in [1.165, 1.54) is 17.0 Å². The molecule has 5 rings (SSSR count). The van der Waals surface area contributed by atoms with Crippen molar-refractivity contribution in [2.75, 3.05) is 48.2 Å². The van der Waals surface area contributed by atoms with Crippen molar-refractivity contribution in [2.45, 2.75) is 12.6 Å². The summed E-state index contributed by atoms with van der Waals surface area (Å²) in [4.78, 5) is 25.5. The molecule has 35 heavy (non-hydrogen) atoms. The van der Waals surface area contributed by atoms with Gasteiger partial charge >= 0.3 is 12.2 Å². The number of carbonyl (C=O) groups is 1. The van der Waals surface area contributed by atoms with Crippen LogP contribution in [0, 0.1) is 0 Å². The zero-order valence-electron chi connectivity index (χ0n) is 18.6. The van der Waals surface area contributed by atoms with E-state index in [2.05, 4.69) is 15.3 Å². The Kier molecular flexibility index (Phi) is 6.16. The Bertz CT molecular complexity index is 1230. The van der Waals surface area contributed by atoms with Crippen molar-refractivity contribution in [3.05, 3.63) is 60.2 Å². The number of ether oxygens (including phenoxy) is 2. The van der Waals surface area contributed by atoms with E-state index in [0.717, 1.165) is 25.1 Å².